The lowest BCUT2D eigenvalue weighted by Gasteiger charge is -2.18. The summed E-state index contributed by atoms with van der Waals surface area (Å²) in [5, 5.41) is 6.87. The molecule has 0 saturated carbocycles. The Labute approximate surface area is 159 Å². The number of rotatable bonds is 9. The molecule has 1 aromatic heterocycles. The Bertz CT molecular complexity index is 799. The molecule has 0 unspecified atom stereocenters. The fourth-order valence-electron chi connectivity index (χ4n) is 2.62. The second-order valence-electron chi connectivity index (χ2n) is 5.97. The molecule has 6 nitrogen and oxygen atoms in total. The number of likely N-dealkylation sites (N-methyl/N-ethyl adjacent to an activating group) is 1. The first-order chi connectivity index (χ1) is 12.4. The first-order valence-corrected chi connectivity index (χ1v) is 10.8. The summed E-state index contributed by atoms with van der Waals surface area (Å²) in [6, 6.07) is 8.32. The van der Waals surface area contributed by atoms with Gasteiger partial charge in [-0.2, -0.15) is 15.6 Å². The summed E-state index contributed by atoms with van der Waals surface area (Å²) in [5.41, 5.74) is 1.76. The summed E-state index contributed by atoms with van der Waals surface area (Å²) in [7, 11) is -1.60. The fraction of sp³-hybridized carbons (Fsp3) is 0.389. The molecule has 0 radical (unpaired) electrons. The number of carbonyl (C=O) groups is 1. The molecule has 0 bridgehead atoms. The van der Waals surface area contributed by atoms with Gasteiger partial charge in [0.25, 0.3) is 0 Å². The predicted octanol–water partition coefficient (Wildman–Crippen LogP) is 2.85. The third-order valence-corrected chi connectivity index (χ3v) is 6.72. The number of hydrogen-bond donors (Lipinski definition) is 1. The van der Waals surface area contributed by atoms with Gasteiger partial charge in [-0.15, -0.1) is 0 Å². The number of thiophene rings is 1. The van der Waals surface area contributed by atoms with Gasteiger partial charge < -0.3 is 5.32 Å². The van der Waals surface area contributed by atoms with Gasteiger partial charge in [0.05, 0.1) is 11.4 Å². The molecular weight excluding hydrogens is 370 g/mol. The van der Waals surface area contributed by atoms with Crippen LogP contribution in [0.15, 0.2) is 46.0 Å². The Morgan fingerprint density at radius 3 is 2.31 bits per heavy atom. The van der Waals surface area contributed by atoms with E-state index in [9.17, 15) is 13.2 Å². The van der Waals surface area contributed by atoms with Crippen molar-refractivity contribution >= 4 is 33.0 Å². The second kappa shape index (κ2) is 9.27. The van der Waals surface area contributed by atoms with E-state index in [1.807, 2.05) is 37.2 Å². The van der Waals surface area contributed by atoms with Crippen LogP contribution in [0.5, 0.6) is 0 Å². The molecule has 1 N–H and O–H groups in total. The third kappa shape index (κ3) is 5.38. The van der Waals surface area contributed by atoms with E-state index < -0.39 is 10.0 Å². The molecule has 0 aliphatic carbocycles. The van der Waals surface area contributed by atoms with Crippen molar-refractivity contribution in [3.63, 3.8) is 0 Å². The predicted molar refractivity (Wildman–Crippen MR) is 106 cm³/mol. The van der Waals surface area contributed by atoms with Crippen LogP contribution in [0.2, 0.25) is 0 Å². The van der Waals surface area contributed by atoms with Crippen LogP contribution in [0.25, 0.3) is 0 Å². The number of benzene rings is 1. The zero-order chi connectivity index (χ0) is 19.2. The molecule has 1 heterocycles. The normalized spacial score (nSPS) is 11.9. The molecular formula is C18H25N3O3S2. The molecule has 0 aliphatic rings. The summed E-state index contributed by atoms with van der Waals surface area (Å²) >= 11 is 1.63. The maximum absolute atomic E-state index is 12.5. The topological polar surface area (TPSA) is 69.7 Å². The minimum absolute atomic E-state index is 0.137. The van der Waals surface area contributed by atoms with Gasteiger partial charge in [-0.25, -0.2) is 8.42 Å². The van der Waals surface area contributed by atoms with Gasteiger partial charge in [0.2, 0.25) is 15.9 Å². The van der Waals surface area contributed by atoms with Crippen LogP contribution >= 0.6 is 11.3 Å². The smallest absolute Gasteiger partial charge is 0.243 e. The van der Waals surface area contributed by atoms with Gasteiger partial charge in [-0.05, 0) is 53.7 Å². The van der Waals surface area contributed by atoms with E-state index in [0.29, 0.717) is 25.3 Å². The number of nitrogens with one attached hydrogen (secondary N) is 1. The molecule has 26 heavy (non-hydrogen) atoms. The number of carbonyl (C=O) groups excluding carboxylic acids is 1. The summed E-state index contributed by atoms with van der Waals surface area (Å²) in [5.74, 6) is -0.137. The molecule has 2 rings (SSSR count). The Kier molecular flexibility index (Phi) is 7.33. The monoisotopic (exact) mass is 395 g/mol. The lowest BCUT2D eigenvalue weighted by Crippen LogP contribution is -2.31. The first-order valence-electron chi connectivity index (χ1n) is 8.46. The molecule has 0 saturated heterocycles. The molecule has 0 atom stereocenters. The number of amides is 1. The Balaban J connectivity index is 1.95. The van der Waals surface area contributed by atoms with Crippen molar-refractivity contribution in [2.24, 2.45) is 0 Å². The average Bonchev–Trinajstić information content (AvgIpc) is 3.08. The average molecular weight is 396 g/mol. The minimum Gasteiger partial charge on any atom is -0.325 e. The number of hydrogen-bond acceptors (Lipinski definition) is 5. The van der Waals surface area contributed by atoms with Gasteiger partial charge in [-0.1, -0.05) is 13.8 Å². The van der Waals surface area contributed by atoms with Gasteiger partial charge in [0, 0.05) is 25.3 Å². The van der Waals surface area contributed by atoms with Crippen LogP contribution in [0.1, 0.15) is 19.4 Å². The van der Waals surface area contributed by atoms with Gasteiger partial charge in [-0.3, -0.25) is 9.69 Å². The lowest BCUT2D eigenvalue weighted by atomic mass is 10.3. The lowest BCUT2D eigenvalue weighted by molar-refractivity contribution is -0.117. The van der Waals surface area contributed by atoms with E-state index >= 15 is 0 Å². The van der Waals surface area contributed by atoms with Crippen molar-refractivity contribution in [2.45, 2.75) is 25.3 Å². The van der Waals surface area contributed by atoms with Gasteiger partial charge in [0.1, 0.15) is 0 Å². The van der Waals surface area contributed by atoms with Crippen molar-refractivity contribution in [1.29, 1.82) is 0 Å². The first kappa shape index (κ1) is 20.6. The van der Waals surface area contributed by atoms with E-state index in [4.69, 9.17) is 0 Å². The molecule has 142 valence electrons. The SMILES string of the molecule is CCN(CC)S(=O)(=O)c1ccc(NC(=O)CN(C)Cc2ccsc2)cc1. The number of sulfonamides is 1. The van der Waals surface area contributed by atoms with Crippen molar-refractivity contribution < 1.29 is 13.2 Å². The van der Waals surface area contributed by atoms with E-state index in [1.165, 1.54) is 22.0 Å². The summed E-state index contributed by atoms with van der Waals surface area (Å²) in [4.78, 5) is 14.3. The zero-order valence-corrected chi connectivity index (χ0v) is 16.9. The van der Waals surface area contributed by atoms with Crippen molar-refractivity contribution in [2.75, 3.05) is 32.0 Å². The van der Waals surface area contributed by atoms with Gasteiger partial charge >= 0.3 is 0 Å². The maximum atomic E-state index is 12.5. The van der Waals surface area contributed by atoms with Crippen LogP contribution in [0.4, 0.5) is 5.69 Å². The molecule has 0 fully saturated rings. The maximum Gasteiger partial charge on any atom is 0.243 e. The molecule has 2 aromatic rings. The van der Waals surface area contributed by atoms with Crippen LogP contribution in [0, 0.1) is 0 Å². The Morgan fingerprint density at radius 2 is 1.77 bits per heavy atom. The van der Waals surface area contributed by atoms with Crippen LogP contribution in [-0.4, -0.2) is 50.2 Å². The zero-order valence-electron chi connectivity index (χ0n) is 15.3. The number of nitrogens with zero attached hydrogens (tertiary/aromatic N) is 2. The highest BCUT2D eigenvalue weighted by Gasteiger charge is 2.21. The number of anilines is 1. The molecule has 8 heteroatoms. The van der Waals surface area contributed by atoms with Crippen LogP contribution in [-0.2, 0) is 21.4 Å². The van der Waals surface area contributed by atoms with E-state index in [-0.39, 0.29) is 17.3 Å². The molecule has 0 spiro atoms. The highest BCUT2D eigenvalue weighted by atomic mass is 32.2. The summed E-state index contributed by atoms with van der Waals surface area (Å²) in [6.45, 7) is 5.43. The second-order valence-corrected chi connectivity index (χ2v) is 8.68. The Hall–Kier alpha value is -1.74. The van der Waals surface area contributed by atoms with E-state index in [2.05, 4.69) is 10.7 Å². The highest BCUT2D eigenvalue weighted by Crippen LogP contribution is 2.18. The summed E-state index contributed by atoms with van der Waals surface area (Å²) < 4.78 is 26.3. The van der Waals surface area contributed by atoms with Crippen molar-refractivity contribution in [3.8, 4) is 0 Å². The molecule has 0 aliphatic heterocycles. The minimum atomic E-state index is -3.48. The molecule has 1 amide bonds. The van der Waals surface area contributed by atoms with Gasteiger partial charge in [0.15, 0.2) is 0 Å². The van der Waals surface area contributed by atoms with Crippen LogP contribution in [0.3, 0.4) is 0 Å². The highest BCUT2D eigenvalue weighted by molar-refractivity contribution is 7.89. The third-order valence-electron chi connectivity index (χ3n) is 3.93. The standard InChI is InChI=1S/C18H25N3O3S2/c1-4-21(5-2)26(23,24)17-8-6-16(7-9-17)19-18(22)13-20(3)12-15-10-11-25-14-15/h6-11,14H,4-5,12-13H2,1-3H3,(H,19,22). The van der Waals surface area contributed by atoms with E-state index in [1.54, 1.807) is 23.5 Å². The Morgan fingerprint density at radius 1 is 1.12 bits per heavy atom. The quantitative estimate of drug-likeness (QED) is 0.709. The van der Waals surface area contributed by atoms with E-state index in [0.717, 1.165) is 0 Å². The van der Waals surface area contributed by atoms with Crippen molar-refractivity contribution in [3.05, 3.63) is 46.7 Å². The van der Waals surface area contributed by atoms with Crippen LogP contribution < -0.4 is 5.32 Å². The summed E-state index contributed by atoms with van der Waals surface area (Å²) in [6.07, 6.45) is 0. The fourth-order valence-corrected chi connectivity index (χ4v) is 4.74. The van der Waals surface area contributed by atoms with Crippen molar-refractivity contribution in [1.82, 2.24) is 9.21 Å². The molecule has 1 aromatic carbocycles. The largest absolute Gasteiger partial charge is 0.325 e.